The molecule has 3 heteroatoms. The third kappa shape index (κ3) is 11.4. The van der Waals surface area contributed by atoms with Gasteiger partial charge in [0.15, 0.2) is 0 Å². The zero-order valence-corrected chi connectivity index (χ0v) is 11.4. The monoisotopic (exact) mass is 241 g/mol. The van der Waals surface area contributed by atoms with Crippen molar-refractivity contribution in [2.24, 2.45) is 0 Å². The van der Waals surface area contributed by atoms with Gasteiger partial charge in [-0.1, -0.05) is 39.2 Å². The molecule has 3 nitrogen and oxygen atoms in total. The van der Waals surface area contributed by atoms with Gasteiger partial charge in [0.2, 0.25) is 5.91 Å². The minimum atomic E-state index is -0.0652. The Bertz CT molecular complexity index is 214. The fourth-order valence-electron chi connectivity index (χ4n) is 1.44. The summed E-state index contributed by atoms with van der Waals surface area (Å²) >= 11 is 0. The Morgan fingerprint density at radius 3 is 2.41 bits per heavy atom. The van der Waals surface area contributed by atoms with Crippen LogP contribution in [0.15, 0.2) is 12.2 Å². The first-order valence-corrected chi connectivity index (χ1v) is 6.70. The molecule has 0 aromatic carbocycles. The summed E-state index contributed by atoms with van der Waals surface area (Å²) in [6, 6.07) is 0. The van der Waals surface area contributed by atoms with Crippen molar-refractivity contribution < 1.29 is 9.53 Å². The Hall–Kier alpha value is -0.830. The van der Waals surface area contributed by atoms with Crippen LogP contribution in [0.4, 0.5) is 0 Å². The molecular formula is C14H27NO2. The number of amides is 1. The van der Waals surface area contributed by atoms with Crippen LogP contribution in [-0.4, -0.2) is 25.7 Å². The minimum absolute atomic E-state index is 0.0652. The summed E-state index contributed by atoms with van der Waals surface area (Å²) in [6.45, 7) is 9.74. The molecule has 0 aliphatic carbocycles. The number of unbranched alkanes of at least 4 members (excludes halogenated alkanes) is 4. The van der Waals surface area contributed by atoms with Crippen molar-refractivity contribution in [2.45, 2.75) is 52.4 Å². The topological polar surface area (TPSA) is 38.3 Å². The van der Waals surface area contributed by atoms with Crippen LogP contribution in [0.1, 0.15) is 52.4 Å². The summed E-state index contributed by atoms with van der Waals surface area (Å²) in [7, 11) is 0. The molecular weight excluding hydrogens is 214 g/mol. The first kappa shape index (κ1) is 16.2. The molecule has 100 valence electrons. The van der Waals surface area contributed by atoms with Crippen LogP contribution >= 0.6 is 0 Å². The third-order valence-corrected chi connectivity index (χ3v) is 2.53. The lowest BCUT2D eigenvalue weighted by atomic mass is 10.2. The van der Waals surface area contributed by atoms with Crippen LogP contribution in [0.3, 0.4) is 0 Å². The molecule has 0 rings (SSSR count). The van der Waals surface area contributed by atoms with Gasteiger partial charge in [0.05, 0.1) is 0 Å². The Morgan fingerprint density at radius 2 is 1.76 bits per heavy atom. The second-order valence-electron chi connectivity index (χ2n) is 4.42. The van der Waals surface area contributed by atoms with Crippen molar-refractivity contribution in [3.63, 3.8) is 0 Å². The van der Waals surface area contributed by atoms with Gasteiger partial charge in [0, 0.05) is 25.3 Å². The Kier molecular flexibility index (Phi) is 11.1. The molecule has 1 N–H and O–H groups in total. The van der Waals surface area contributed by atoms with E-state index in [2.05, 4.69) is 18.8 Å². The van der Waals surface area contributed by atoms with E-state index in [1.807, 2.05) is 0 Å². The van der Waals surface area contributed by atoms with Crippen molar-refractivity contribution in [3.05, 3.63) is 12.2 Å². The predicted octanol–water partition coefficient (Wildman–Crippen LogP) is 3.06. The highest BCUT2D eigenvalue weighted by molar-refractivity contribution is 5.91. The smallest absolute Gasteiger partial charge is 0.246 e. The molecule has 0 bridgehead atoms. The molecule has 0 atom stereocenters. The molecule has 0 saturated carbocycles. The van der Waals surface area contributed by atoms with Gasteiger partial charge in [0.1, 0.15) is 0 Å². The largest absolute Gasteiger partial charge is 0.381 e. The summed E-state index contributed by atoms with van der Waals surface area (Å²) in [5, 5.41) is 2.78. The van der Waals surface area contributed by atoms with Crippen molar-refractivity contribution in [2.75, 3.05) is 19.8 Å². The van der Waals surface area contributed by atoms with Crippen LogP contribution in [0.5, 0.6) is 0 Å². The molecule has 17 heavy (non-hydrogen) atoms. The van der Waals surface area contributed by atoms with Crippen molar-refractivity contribution in [1.29, 1.82) is 0 Å². The van der Waals surface area contributed by atoms with E-state index in [1.54, 1.807) is 6.92 Å². The zero-order chi connectivity index (χ0) is 12.9. The maximum absolute atomic E-state index is 11.1. The van der Waals surface area contributed by atoms with Crippen molar-refractivity contribution >= 4 is 5.91 Å². The first-order chi connectivity index (χ1) is 8.18. The first-order valence-electron chi connectivity index (χ1n) is 6.70. The molecule has 0 aromatic rings. The number of ether oxygens (including phenoxy) is 1. The standard InChI is InChI=1S/C14H27NO2/c1-4-5-6-7-8-11-17-12-9-10-15-14(16)13(2)3/h2,4-12H2,1,3H3,(H,15,16). The summed E-state index contributed by atoms with van der Waals surface area (Å²) in [5.74, 6) is -0.0652. The van der Waals surface area contributed by atoms with Crippen LogP contribution in [-0.2, 0) is 9.53 Å². The average Bonchev–Trinajstić information content (AvgIpc) is 2.31. The van der Waals surface area contributed by atoms with Gasteiger partial charge in [0.25, 0.3) is 0 Å². The fourth-order valence-corrected chi connectivity index (χ4v) is 1.44. The van der Waals surface area contributed by atoms with Gasteiger partial charge < -0.3 is 10.1 Å². The third-order valence-electron chi connectivity index (χ3n) is 2.53. The second-order valence-corrected chi connectivity index (χ2v) is 4.42. The quantitative estimate of drug-likeness (QED) is 0.446. The lowest BCUT2D eigenvalue weighted by Gasteiger charge is -2.06. The van der Waals surface area contributed by atoms with E-state index in [0.717, 1.165) is 26.1 Å². The molecule has 0 aliphatic rings. The maximum atomic E-state index is 11.1. The highest BCUT2D eigenvalue weighted by Gasteiger charge is 1.99. The summed E-state index contributed by atoms with van der Waals surface area (Å²) in [6.07, 6.45) is 7.21. The lowest BCUT2D eigenvalue weighted by molar-refractivity contribution is -0.117. The van der Waals surface area contributed by atoms with Gasteiger partial charge in [-0.05, 0) is 19.8 Å². The number of hydrogen-bond acceptors (Lipinski definition) is 2. The molecule has 0 spiro atoms. The molecule has 0 unspecified atom stereocenters. The van der Waals surface area contributed by atoms with Gasteiger partial charge in [-0.3, -0.25) is 4.79 Å². The number of carbonyl (C=O) groups is 1. The average molecular weight is 241 g/mol. The van der Waals surface area contributed by atoms with Crippen LogP contribution in [0.2, 0.25) is 0 Å². The Labute approximate surface area is 106 Å². The van der Waals surface area contributed by atoms with E-state index in [1.165, 1.54) is 25.7 Å². The van der Waals surface area contributed by atoms with Gasteiger partial charge in [-0.25, -0.2) is 0 Å². The fraction of sp³-hybridized carbons (Fsp3) is 0.786. The number of hydrogen-bond donors (Lipinski definition) is 1. The van der Waals surface area contributed by atoms with E-state index in [9.17, 15) is 4.79 Å². The summed E-state index contributed by atoms with van der Waals surface area (Å²) in [4.78, 5) is 11.1. The highest BCUT2D eigenvalue weighted by Crippen LogP contribution is 2.02. The van der Waals surface area contributed by atoms with Crippen LogP contribution in [0.25, 0.3) is 0 Å². The number of nitrogens with one attached hydrogen (secondary N) is 1. The molecule has 0 fully saturated rings. The van der Waals surface area contributed by atoms with E-state index < -0.39 is 0 Å². The normalized spacial score (nSPS) is 10.2. The van der Waals surface area contributed by atoms with E-state index >= 15 is 0 Å². The number of carbonyl (C=O) groups excluding carboxylic acids is 1. The van der Waals surface area contributed by atoms with Crippen LogP contribution in [0, 0.1) is 0 Å². The Balaban J connectivity index is 3.08. The highest BCUT2D eigenvalue weighted by atomic mass is 16.5. The molecule has 0 saturated heterocycles. The lowest BCUT2D eigenvalue weighted by Crippen LogP contribution is -2.25. The molecule has 0 radical (unpaired) electrons. The van der Waals surface area contributed by atoms with E-state index in [-0.39, 0.29) is 5.91 Å². The molecule has 0 aliphatic heterocycles. The maximum Gasteiger partial charge on any atom is 0.246 e. The van der Waals surface area contributed by atoms with E-state index in [4.69, 9.17) is 4.74 Å². The van der Waals surface area contributed by atoms with Gasteiger partial charge >= 0.3 is 0 Å². The summed E-state index contributed by atoms with van der Waals surface area (Å²) in [5.41, 5.74) is 0.557. The molecule has 1 amide bonds. The second kappa shape index (κ2) is 11.6. The predicted molar refractivity (Wildman–Crippen MR) is 72.0 cm³/mol. The van der Waals surface area contributed by atoms with Gasteiger partial charge in [-0.15, -0.1) is 0 Å². The minimum Gasteiger partial charge on any atom is -0.381 e. The SMILES string of the molecule is C=C(C)C(=O)NCCCOCCCCCCC. The number of rotatable bonds is 11. The van der Waals surface area contributed by atoms with Crippen molar-refractivity contribution in [1.82, 2.24) is 5.32 Å². The zero-order valence-electron chi connectivity index (χ0n) is 11.4. The molecule has 0 aromatic heterocycles. The van der Waals surface area contributed by atoms with Crippen LogP contribution < -0.4 is 5.32 Å². The summed E-state index contributed by atoms with van der Waals surface area (Å²) < 4.78 is 5.48. The molecule has 0 heterocycles. The van der Waals surface area contributed by atoms with Crippen molar-refractivity contribution in [3.8, 4) is 0 Å². The van der Waals surface area contributed by atoms with E-state index in [0.29, 0.717) is 12.1 Å². The van der Waals surface area contributed by atoms with Gasteiger partial charge in [-0.2, -0.15) is 0 Å². The Morgan fingerprint density at radius 1 is 1.12 bits per heavy atom.